The van der Waals surface area contributed by atoms with E-state index in [1.54, 1.807) is 0 Å². The van der Waals surface area contributed by atoms with E-state index in [1.165, 1.54) is 12.1 Å². The van der Waals surface area contributed by atoms with Crippen LogP contribution in [0.2, 0.25) is 0 Å². The van der Waals surface area contributed by atoms with Crippen molar-refractivity contribution in [1.29, 1.82) is 0 Å². The van der Waals surface area contributed by atoms with Crippen LogP contribution in [0.25, 0.3) is 11.0 Å². The third-order valence-electron chi connectivity index (χ3n) is 1.89. The van der Waals surface area contributed by atoms with E-state index in [0.717, 1.165) is 0 Å². The topological polar surface area (TPSA) is 90.6 Å². The highest BCUT2D eigenvalue weighted by Gasteiger charge is 2.15. The molecule has 0 aliphatic carbocycles. The number of nitrogens with zero attached hydrogens (tertiary/aromatic N) is 1. The number of rotatable bonds is 2. The van der Waals surface area contributed by atoms with Crippen LogP contribution in [0.1, 0.15) is 0 Å². The SMILES string of the molecule is O=C(Nc1[nH]nc2[nH]c(=O)ccc12)C(F)Cl. The molecule has 16 heavy (non-hydrogen) atoms. The first kappa shape index (κ1) is 10.6. The Morgan fingerprint density at radius 3 is 3.00 bits per heavy atom. The molecule has 84 valence electrons. The van der Waals surface area contributed by atoms with E-state index in [4.69, 9.17) is 11.6 Å². The van der Waals surface area contributed by atoms with E-state index in [1.807, 2.05) is 0 Å². The summed E-state index contributed by atoms with van der Waals surface area (Å²) in [6.45, 7) is 0. The van der Waals surface area contributed by atoms with Crippen LogP contribution in [0, 0.1) is 0 Å². The minimum atomic E-state index is -2.14. The summed E-state index contributed by atoms with van der Waals surface area (Å²) < 4.78 is 12.4. The maximum Gasteiger partial charge on any atom is 0.275 e. The maximum absolute atomic E-state index is 12.4. The number of fused-ring (bicyclic) bond motifs is 1. The zero-order valence-electron chi connectivity index (χ0n) is 7.75. The van der Waals surface area contributed by atoms with E-state index in [2.05, 4.69) is 20.5 Å². The second kappa shape index (κ2) is 3.93. The van der Waals surface area contributed by atoms with Gasteiger partial charge in [0.15, 0.2) is 5.65 Å². The Bertz CT molecular complexity index is 591. The van der Waals surface area contributed by atoms with Gasteiger partial charge in [-0.3, -0.25) is 14.7 Å². The molecule has 0 fully saturated rings. The Labute approximate surface area is 92.8 Å². The largest absolute Gasteiger partial charge is 0.307 e. The highest BCUT2D eigenvalue weighted by molar-refractivity contribution is 6.31. The molecule has 3 N–H and O–H groups in total. The predicted molar refractivity (Wildman–Crippen MR) is 56.1 cm³/mol. The number of halogens is 2. The van der Waals surface area contributed by atoms with Gasteiger partial charge in [-0.2, -0.15) is 5.10 Å². The molecule has 1 amide bonds. The molecule has 0 saturated heterocycles. The molecule has 2 rings (SSSR count). The van der Waals surface area contributed by atoms with Gasteiger partial charge in [-0.15, -0.1) is 0 Å². The van der Waals surface area contributed by atoms with E-state index in [-0.39, 0.29) is 17.0 Å². The van der Waals surface area contributed by atoms with Crippen LogP contribution in [-0.4, -0.2) is 26.7 Å². The quantitative estimate of drug-likeness (QED) is 0.680. The van der Waals surface area contributed by atoms with Gasteiger partial charge in [-0.05, 0) is 6.07 Å². The lowest BCUT2D eigenvalue weighted by Gasteiger charge is -2.01. The van der Waals surface area contributed by atoms with Gasteiger partial charge in [-0.25, -0.2) is 4.39 Å². The van der Waals surface area contributed by atoms with Crippen molar-refractivity contribution < 1.29 is 9.18 Å². The minimum Gasteiger partial charge on any atom is -0.307 e. The normalized spacial score (nSPS) is 12.6. The molecule has 2 heterocycles. The molecule has 1 unspecified atom stereocenters. The monoisotopic (exact) mass is 244 g/mol. The zero-order valence-corrected chi connectivity index (χ0v) is 8.51. The van der Waals surface area contributed by atoms with Crippen molar-refractivity contribution in [3.05, 3.63) is 22.5 Å². The lowest BCUT2D eigenvalue weighted by atomic mass is 10.3. The molecule has 0 saturated carbocycles. The van der Waals surface area contributed by atoms with E-state index in [0.29, 0.717) is 5.39 Å². The number of nitrogens with one attached hydrogen (secondary N) is 3. The standard InChI is InChI=1S/C8H6ClFN4O2/c9-5(10)8(16)12-7-3-1-2-4(15)11-6(3)13-14-7/h1-2,5H,(H3,11,12,13,14,15,16). The molecule has 2 aromatic heterocycles. The van der Waals surface area contributed by atoms with Crippen molar-refractivity contribution in [2.24, 2.45) is 0 Å². The van der Waals surface area contributed by atoms with Crippen molar-refractivity contribution >= 4 is 34.4 Å². The van der Waals surface area contributed by atoms with Crippen molar-refractivity contribution in [2.45, 2.75) is 5.63 Å². The van der Waals surface area contributed by atoms with Gasteiger partial charge in [0.25, 0.3) is 11.5 Å². The molecule has 0 bridgehead atoms. The van der Waals surface area contributed by atoms with Crippen LogP contribution in [0.3, 0.4) is 0 Å². The van der Waals surface area contributed by atoms with E-state index >= 15 is 0 Å². The maximum atomic E-state index is 12.4. The van der Waals surface area contributed by atoms with E-state index < -0.39 is 11.5 Å². The second-order valence-electron chi connectivity index (χ2n) is 2.97. The highest BCUT2D eigenvalue weighted by atomic mass is 35.5. The average molecular weight is 245 g/mol. The summed E-state index contributed by atoms with van der Waals surface area (Å²) in [6.07, 6.45) is 0. The molecule has 8 heteroatoms. The highest BCUT2D eigenvalue weighted by Crippen LogP contribution is 2.17. The molecule has 2 aromatic rings. The van der Waals surface area contributed by atoms with Crippen LogP contribution in [0.15, 0.2) is 16.9 Å². The Balaban J connectivity index is 2.39. The minimum absolute atomic E-state index is 0.180. The summed E-state index contributed by atoms with van der Waals surface area (Å²) >= 11 is 4.95. The first-order valence-electron chi connectivity index (χ1n) is 4.24. The molecular weight excluding hydrogens is 239 g/mol. The molecular formula is C8H6ClFN4O2. The summed E-state index contributed by atoms with van der Waals surface area (Å²) in [5, 5.41) is 8.84. The Morgan fingerprint density at radius 2 is 2.31 bits per heavy atom. The van der Waals surface area contributed by atoms with Gasteiger partial charge >= 0.3 is 0 Å². The smallest absolute Gasteiger partial charge is 0.275 e. The van der Waals surface area contributed by atoms with Crippen LogP contribution in [-0.2, 0) is 4.79 Å². The van der Waals surface area contributed by atoms with Crippen LogP contribution in [0.5, 0.6) is 0 Å². The summed E-state index contributed by atoms with van der Waals surface area (Å²) in [6, 6.07) is 2.72. The predicted octanol–water partition coefficient (Wildman–Crippen LogP) is 0.724. The number of aromatic amines is 2. The van der Waals surface area contributed by atoms with Gasteiger partial charge in [0, 0.05) is 6.07 Å². The molecule has 0 aliphatic heterocycles. The molecule has 0 aromatic carbocycles. The van der Waals surface area contributed by atoms with Gasteiger partial charge in [0.1, 0.15) is 5.82 Å². The number of hydrogen-bond donors (Lipinski definition) is 3. The number of anilines is 1. The third-order valence-corrected chi connectivity index (χ3v) is 2.09. The number of aromatic nitrogens is 3. The number of pyridine rings is 1. The number of alkyl halides is 2. The van der Waals surface area contributed by atoms with Crippen LogP contribution >= 0.6 is 11.6 Å². The summed E-state index contributed by atoms with van der Waals surface area (Å²) in [5.74, 6) is -0.821. The van der Waals surface area contributed by atoms with Crippen LogP contribution in [0.4, 0.5) is 10.2 Å². The third kappa shape index (κ3) is 1.89. The lowest BCUT2D eigenvalue weighted by molar-refractivity contribution is -0.118. The first-order valence-corrected chi connectivity index (χ1v) is 4.68. The Kier molecular flexibility index (Phi) is 2.61. The first-order chi connectivity index (χ1) is 7.58. The van der Waals surface area contributed by atoms with Gasteiger partial charge in [-0.1, -0.05) is 11.6 Å². The summed E-state index contributed by atoms with van der Waals surface area (Å²) in [4.78, 5) is 24.4. The fourth-order valence-corrected chi connectivity index (χ4v) is 1.25. The van der Waals surface area contributed by atoms with Crippen molar-refractivity contribution in [2.75, 3.05) is 5.32 Å². The van der Waals surface area contributed by atoms with Crippen molar-refractivity contribution in [3.8, 4) is 0 Å². The number of carbonyl (C=O) groups is 1. The molecule has 1 atom stereocenters. The molecule has 0 aliphatic rings. The number of amides is 1. The van der Waals surface area contributed by atoms with Crippen molar-refractivity contribution in [1.82, 2.24) is 15.2 Å². The number of H-pyrrole nitrogens is 2. The summed E-state index contributed by atoms with van der Waals surface area (Å²) in [5.41, 5.74) is -2.19. The van der Waals surface area contributed by atoms with Gasteiger partial charge in [0.05, 0.1) is 5.39 Å². The Hall–Kier alpha value is -1.89. The summed E-state index contributed by atoms with van der Waals surface area (Å²) in [7, 11) is 0. The lowest BCUT2D eigenvalue weighted by Crippen LogP contribution is -2.19. The van der Waals surface area contributed by atoms with Gasteiger partial charge in [0.2, 0.25) is 5.56 Å². The number of hydrogen-bond acceptors (Lipinski definition) is 3. The van der Waals surface area contributed by atoms with Crippen molar-refractivity contribution in [3.63, 3.8) is 0 Å². The number of carbonyl (C=O) groups excluding carboxylic acids is 1. The fourth-order valence-electron chi connectivity index (χ4n) is 1.20. The average Bonchev–Trinajstić information content (AvgIpc) is 2.60. The fraction of sp³-hybridized carbons (Fsp3) is 0.125. The Morgan fingerprint density at radius 1 is 1.56 bits per heavy atom. The van der Waals surface area contributed by atoms with Crippen LogP contribution < -0.4 is 10.9 Å². The molecule has 6 nitrogen and oxygen atoms in total. The van der Waals surface area contributed by atoms with Gasteiger partial charge < -0.3 is 10.3 Å². The molecule has 0 spiro atoms. The second-order valence-corrected chi connectivity index (χ2v) is 3.36. The van der Waals surface area contributed by atoms with E-state index in [9.17, 15) is 14.0 Å². The zero-order chi connectivity index (χ0) is 11.7. The molecule has 0 radical (unpaired) electrons.